The highest BCUT2D eigenvalue weighted by Gasteiger charge is 2.36. The molecule has 0 N–H and O–H groups in total. The highest BCUT2D eigenvalue weighted by atomic mass is 32.2. The molecule has 0 aromatic heterocycles. The molecule has 0 radical (unpaired) electrons. The van der Waals surface area contributed by atoms with Crippen molar-refractivity contribution in [2.45, 2.75) is 43.6 Å². The number of ether oxygens (including phenoxy) is 1. The molecule has 1 aromatic rings. The Kier molecular flexibility index (Phi) is 4.92. The van der Waals surface area contributed by atoms with Gasteiger partial charge in [-0.25, -0.2) is 12.8 Å². The summed E-state index contributed by atoms with van der Waals surface area (Å²) in [6.07, 6.45) is 3.32. The number of benzene rings is 1. The van der Waals surface area contributed by atoms with Crippen molar-refractivity contribution in [2.75, 3.05) is 13.1 Å². The van der Waals surface area contributed by atoms with Crippen molar-refractivity contribution in [3.05, 3.63) is 30.1 Å². The monoisotopic (exact) mass is 355 g/mol. The lowest BCUT2D eigenvalue weighted by Crippen LogP contribution is -2.43. The van der Waals surface area contributed by atoms with E-state index < -0.39 is 21.8 Å². The molecule has 2 fully saturated rings. The van der Waals surface area contributed by atoms with Crippen LogP contribution in [0.25, 0.3) is 0 Å². The Hall–Kier alpha value is -1.47. The number of carbonyl (C=O) groups is 1. The molecule has 3 rings (SSSR count). The fourth-order valence-electron chi connectivity index (χ4n) is 3.05. The summed E-state index contributed by atoms with van der Waals surface area (Å²) >= 11 is 0. The van der Waals surface area contributed by atoms with Crippen LogP contribution in [0.3, 0.4) is 0 Å². The molecule has 1 saturated carbocycles. The van der Waals surface area contributed by atoms with Gasteiger partial charge in [0.2, 0.25) is 10.0 Å². The van der Waals surface area contributed by atoms with Crippen molar-refractivity contribution >= 4 is 16.0 Å². The van der Waals surface area contributed by atoms with Crippen LogP contribution in [0.15, 0.2) is 29.2 Å². The maximum atomic E-state index is 13.0. The average molecular weight is 355 g/mol. The van der Waals surface area contributed by atoms with E-state index >= 15 is 0 Å². The van der Waals surface area contributed by atoms with E-state index in [0.29, 0.717) is 25.3 Å². The molecule has 132 valence electrons. The van der Waals surface area contributed by atoms with Gasteiger partial charge in [-0.15, -0.1) is 0 Å². The van der Waals surface area contributed by atoms with Gasteiger partial charge in [-0.1, -0.05) is 0 Å². The van der Waals surface area contributed by atoms with E-state index in [2.05, 4.69) is 0 Å². The lowest BCUT2D eigenvalue weighted by molar-refractivity contribution is -0.155. The lowest BCUT2D eigenvalue weighted by Gasteiger charge is -2.31. The number of carbonyl (C=O) groups excluding carboxylic acids is 1. The summed E-state index contributed by atoms with van der Waals surface area (Å²) in [5.41, 5.74) is 0. The zero-order valence-electron chi connectivity index (χ0n) is 13.7. The van der Waals surface area contributed by atoms with Gasteiger partial charge in [0.25, 0.3) is 0 Å². The number of nitrogens with zero attached hydrogens (tertiary/aromatic N) is 1. The maximum absolute atomic E-state index is 13.0. The molecule has 2 atom stereocenters. The normalized spacial score (nSPS) is 23.7. The SMILES string of the molecule is C[C@@H](OC(=O)[C@H]1CCCN(S(=O)(=O)c2ccc(F)cc2)C1)C1CC1. The number of sulfonamides is 1. The number of hydrogen-bond donors (Lipinski definition) is 0. The minimum Gasteiger partial charge on any atom is -0.462 e. The summed E-state index contributed by atoms with van der Waals surface area (Å²) in [4.78, 5) is 12.3. The van der Waals surface area contributed by atoms with Crippen molar-refractivity contribution in [3.8, 4) is 0 Å². The quantitative estimate of drug-likeness (QED) is 0.762. The van der Waals surface area contributed by atoms with Crippen molar-refractivity contribution in [3.63, 3.8) is 0 Å². The summed E-state index contributed by atoms with van der Waals surface area (Å²) in [6.45, 7) is 2.38. The third-order valence-electron chi connectivity index (χ3n) is 4.76. The molecule has 0 unspecified atom stereocenters. The second-order valence-electron chi connectivity index (χ2n) is 6.64. The Labute approximate surface area is 141 Å². The van der Waals surface area contributed by atoms with E-state index in [1.807, 2.05) is 6.92 Å². The van der Waals surface area contributed by atoms with Crippen LogP contribution in [0.4, 0.5) is 4.39 Å². The third-order valence-corrected chi connectivity index (χ3v) is 6.64. The number of piperidine rings is 1. The van der Waals surface area contributed by atoms with Crippen LogP contribution >= 0.6 is 0 Å². The van der Waals surface area contributed by atoms with Crippen LogP contribution in [0, 0.1) is 17.7 Å². The standard InChI is InChI=1S/C17H22FNO4S/c1-12(13-4-5-13)23-17(20)14-3-2-10-19(11-14)24(21,22)16-8-6-15(18)7-9-16/h6-9,12-14H,2-5,10-11H2,1H3/t12-,14+/m1/s1. The van der Waals surface area contributed by atoms with Gasteiger partial charge in [0.1, 0.15) is 11.9 Å². The first-order chi connectivity index (χ1) is 11.4. The zero-order valence-corrected chi connectivity index (χ0v) is 14.5. The molecule has 1 saturated heterocycles. The van der Waals surface area contributed by atoms with E-state index in [1.54, 1.807) is 0 Å². The molecule has 0 bridgehead atoms. The molecule has 0 amide bonds. The highest BCUT2D eigenvalue weighted by Crippen LogP contribution is 2.35. The second kappa shape index (κ2) is 6.80. The topological polar surface area (TPSA) is 63.7 Å². The van der Waals surface area contributed by atoms with E-state index in [9.17, 15) is 17.6 Å². The third kappa shape index (κ3) is 3.78. The summed E-state index contributed by atoms with van der Waals surface area (Å²) in [5.74, 6) is -0.775. The van der Waals surface area contributed by atoms with Gasteiger partial charge in [0.05, 0.1) is 10.8 Å². The number of esters is 1. The Balaban J connectivity index is 1.67. The molecule has 5 nitrogen and oxygen atoms in total. The second-order valence-corrected chi connectivity index (χ2v) is 8.57. The fraction of sp³-hybridized carbons (Fsp3) is 0.588. The molecule has 2 aliphatic rings. The highest BCUT2D eigenvalue weighted by molar-refractivity contribution is 7.89. The molecule has 1 aliphatic carbocycles. The van der Waals surface area contributed by atoms with Gasteiger partial charge < -0.3 is 4.74 Å². The molecule has 1 aliphatic heterocycles. The van der Waals surface area contributed by atoms with E-state index in [1.165, 1.54) is 16.4 Å². The summed E-state index contributed by atoms with van der Waals surface area (Å²) in [5, 5.41) is 0. The maximum Gasteiger partial charge on any atom is 0.310 e. The van der Waals surface area contributed by atoms with Gasteiger partial charge >= 0.3 is 5.97 Å². The first-order valence-electron chi connectivity index (χ1n) is 8.34. The minimum atomic E-state index is -3.72. The van der Waals surface area contributed by atoms with Crippen LogP contribution in [0.1, 0.15) is 32.6 Å². The van der Waals surface area contributed by atoms with Crippen LogP contribution in [-0.4, -0.2) is 37.9 Å². The molecular formula is C17H22FNO4S. The lowest BCUT2D eigenvalue weighted by atomic mass is 10.00. The van der Waals surface area contributed by atoms with E-state index in [0.717, 1.165) is 25.0 Å². The zero-order chi connectivity index (χ0) is 17.3. The largest absolute Gasteiger partial charge is 0.462 e. The van der Waals surface area contributed by atoms with Crippen molar-refractivity contribution in [1.82, 2.24) is 4.31 Å². The predicted molar refractivity (Wildman–Crippen MR) is 86.2 cm³/mol. The van der Waals surface area contributed by atoms with Crippen molar-refractivity contribution in [1.29, 1.82) is 0 Å². The van der Waals surface area contributed by atoms with Crippen molar-refractivity contribution < 1.29 is 22.3 Å². The van der Waals surface area contributed by atoms with Gasteiger partial charge in [-0.3, -0.25) is 4.79 Å². The molecule has 24 heavy (non-hydrogen) atoms. The Morgan fingerprint density at radius 1 is 1.25 bits per heavy atom. The first kappa shape index (κ1) is 17.4. The van der Waals surface area contributed by atoms with E-state index in [4.69, 9.17) is 4.74 Å². The fourth-order valence-corrected chi connectivity index (χ4v) is 4.57. The smallest absolute Gasteiger partial charge is 0.310 e. The van der Waals surface area contributed by atoms with Crippen molar-refractivity contribution in [2.24, 2.45) is 11.8 Å². The van der Waals surface area contributed by atoms with Crippen LogP contribution in [-0.2, 0) is 19.6 Å². The molecular weight excluding hydrogens is 333 g/mol. The summed E-state index contributed by atoms with van der Waals surface area (Å²) < 4.78 is 45.1. The van der Waals surface area contributed by atoms with Gasteiger partial charge in [-0.2, -0.15) is 4.31 Å². The van der Waals surface area contributed by atoms with Gasteiger partial charge in [0, 0.05) is 13.1 Å². The Morgan fingerprint density at radius 3 is 2.54 bits per heavy atom. The predicted octanol–water partition coefficient (Wildman–Crippen LogP) is 2.57. The number of rotatable bonds is 5. The van der Waals surface area contributed by atoms with Gasteiger partial charge in [-0.05, 0) is 62.8 Å². The molecule has 1 heterocycles. The average Bonchev–Trinajstić information content (AvgIpc) is 3.40. The van der Waals surface area contributed by atoms with Crippen LogP contribution < -0.4 is 0 Å². The molecule has 0 spiro atoms. The minimum absolute atomic E-state index is 0.0456. The molecule has 7 heteroatoms. The Bertz CT molecular complexity index is 700. The number of hydrogen-bond acceptors (Lipinski definition) is 4. The van der Waals surface area contributed by atoms with Crippen LogP contribution in [0.2, 0.25) is 0 Å². The van der Waals surface area contributed by atoms with Gasteiger partial charge in [0.15, 0.2) is 0 Å². The van der Waals surface area contributed by atoms with Crippen LogP contribution in [0.5, 0.6) is 0 Å². The Morgan fingerprint density at radius 2 is 1.92 bits per heavy atom. The summed E-state index contributed by atoms with van der Waals surface area (Å²) in [6, 6.07) is 4.75. The van der Waals surface area contributed by atoms with E-state index in [-0.39, 0.29) is 23.5 Å². The summed E-state index contributed by atoms with van der Waals surface area (Å²) in [7, 11) is -3.72. The number of halogens is 1. The first-order valence-corrected chi connectivity index (χ1v) is 9.78. The molecule has 1 aromatic carbocycles.